The van der Waals surface area contributed by atoms with E-state index in [2.05, 4.69) is 12.2 Å². The van der Waals surface area contributed by atoms with E-state index in [1.807, 2.05) is 48.5 Å². The van der Waals surface area contributed by atoms with Crippen molar-refractivity contribution < 1.29 is 13.2 Å². The van der Waals surface area contributed by atoms with Crippen molar-refractivity contribution in [2.45, 2.75) is 24.7 Å². The number of aromatic nitrogens is 1. The van der Waals surface area contributed by atoms with E-state index in [9.17, 15) is 13.2 Å². The summed E-state index contributed by atoms with van der Waals surface area (Å²) in [5, 5.41) is 4.14. The Kier molecular flexibility index (Phi) is 6.69. The van der Waals surface area contributed by atoms with E-state index < -0.39 is 10.0 Å². The first-order chi connectivity index (χ1) is 16.9. The average molecular weight is 506 g/mol. The zero-order valence-corrected chi connectivity index (χ0v) is 21.1. The van der Waals surface area contributed by atoms with Crippen molar-refractivity contribution in [2.75, 3.05) is 25.0 Å². The zero-order chi connectivity index (χ0) is 24.4. The molecule has 5 rings (SSSR count). The molecule has 1 aliphatic rings. The molecule has 0 amide bonds. The maximum atomic E-state index is 12.9. The number of carbonyl (C=O) groups is 1. The predicted molar refractivity (Wildman–Crippen MR) is 141 cm³/mol. The van der Waals surface area contributed by atoms with Crippen molar-refractivity contribution in [1.82, 2.24) is 9.29 Å². The van der Waals surface area contributed by atoms with Crippen LogP contribution in [-0.4, -0.2) is 43.1 Å². The number of carbonyl (C=O) groups excluding carboxylic acids is 1. The highest BCUT2D eigenvalue weighted by atomic mass is 32.2. The first-order valence-electron chi connectivity index (χ1n) is 11.7. The summed E-state index contributed by atoms with van der Waals surface area (Å²) in [4.78, 5) is 17.8. The van der Waals surface area contributed by atoms with Crippen LogP contribution in [0.2, 0.25) is 0 Å². The lowest BCUT2D eigenvalue weighted by atomic mass is 10.0. The number of nitrogens with zero attached hydrogens (tertiary/aromatic N) is 2. The number of nitrogens with one attached hydrogen (secondary N) is 1. The fourth-order valence-electron chi connectivity index (χ4n) is 4.28. The minimum Gasteiger partial charge on any atom is -0.377 e. The highest BCUT2D eigenvalue weighted by Crippen LogP contribution is 2.34. The van der Waals surface area contributed by atoms with Gasteiger partial charge in [0.05, 0.1) is 21.7 Å². The first-order valence-corrected chi connectivity index (χ1v) is 14.0. The Balaban J connectivity index is 1.28. The summed E-state index contributed by atoms with van der Waals surface area (Å²) in [5.41, 5.74) is 3.20. The molecule has 1 fully saturated rings. The number of ketones is 1. The van der Waals surface area contributed by atoms with Crippen molar-refractivity contribution in [3.63, 3.8) is 0 Å². The maximum Gasteiger partial charge on any atom is 0.243 e. The number of thiazole rings is 1. The first kappa shape index (κ1) is 23.7. The lowest BCUT2D eigenvalue weighted by molar-refractivity contribution is 0.101. The molecule has 2 heterocycles. The molecule has 0 bridgehead atoms. The lowest BCUT2D eigenvalue weighted by Gasteiger charge is -2.29. The minimum absolute atomic E-state index is 0.0953. The van der Waals surface area contributed by atoms with Crippen LogP contribution < -0.4 is 5.32 Å². The average Bonchev–Trinajstić information content (AvgIpc) is 3.32. The molecule has 6 nitrogen and oxygen atoms in total. The lowest BCUT2D eigenvalue weighted by Crippen LogP contribution is -2.37. The molecule has 0 spiro atoms. The Morgan fingerprint density at radius 1 is 1.00 bits per heavy atom. The van der Waals surface area contributed by atoms with Crippen molar-refractivity contribution in [2.24, 2.45) is 5.92 Å². The van der Waals surface area contributed by atoms with Crippen LogP contribution in [0.15, 0.2) is 77.7 Å². The topological polar surface area (TPSA) is 79.4 Å². The molecule has 0 saturated carbocycles. The Bertz CT molecular complexity index is 1420. The van der Waals surface area contributed by atoms with E-state index in [0.29, 0.717) is 24.6 Å². The summed E-state index contributed by atoms with van der Waals surface area (Å²) in [6.07, 6.45) is 1.75. The van der Waals surface area contributed by atoms with Gasteiger partial charge in [0, 0.05) is 29.9 Å². The Labute approximate surface area is 209 Å². The number of sulfonamides is 1. The van der Waals surface area contributed by atoms with Gasteiger partial charge in [-0.15, -0.1) is 11.3 Å². The van der Waals surface area contributed by atoms with Crippen molar-refractivity contribution in [3.05, 3.63) is 78.4 Å². The summed E-state index contributed by atoms with van der Waals surface area (Å²) in [7, 11) is -3.53. The van der Waals surface area contributed by atoms with Crippen LogP contribution in [0.5, 0.6) is 0 Å². The molecule has 1 aliphatic heterocycles. The smallest absolute Gasteiger partial charge is 0.243 e. The van der Waals surface area contributed by atoms with Gasteiger partial charge >= 0.3 is 0 Å². The van der Waals surface area contributed by atoms with E-state index >= 15 is 0 Å². The zero-order valence-electron chi connectivity index (χ0n) is 19.5. The molecule has 0 atom stereocenters. The molecule has 1 N–H and O–H groups in total. The van der Waals surface area contributed by atoms with Crippen LogP contribution in [0.3, 0.4) is 0 Å². The molecule has 1 aromatic heterocycles. The van der Waals surface area contributed by atoms with Crippen molar-refractivity contribution in [3.8, 4) is 10.6 Å². The van der Waals surface area contributed by atoms with Gasteiger partial charge in [0.2, 0.25) is 10.0 Å². The van der Waals surface area contributed by atoms with Crippen LogP contribution in [0.25, 0.3) is 20.8 Å². The predicted octanol–water partition coefficient (Wildman–Crippen LogP) is 5.68. The molecule has 1 saturated heterocycles. The second kappa shape index (κ2) is 9.89. The van der Waals surface area contributed by atoms with Crippen LogP contribution in [-0.2, 0) is 10.0 Å². The van der Waals surface area contributed by atoms with E-state index in [0.717, 1.165) is 39.3 Å². The molecule has 8 heteroatoms. The Morgan fingerprint density at radius 2 is 1.69 bits per heavy atom. The van der Waals surface area contributed by atoms with Gasteiger partial charge in [-0.3, -0.25) is 4.79 Å². The van der Waals surface area contributed by atoms with E-state index in [1.54, 1.807) is 27.8 Å². The van der Waals surface area contributed by atoms with Crippen LogP contribution in [0.1, 0.15) is 30.1 Å². The molecule has 180 valence electrons. The summed E-state index contributed by atoms with van der Waals surface area (Å²) in [6.45, 7) is 3.33. The second-order valence-electron chi connectivity index (χ2n) is 8.92. The normalized spacial score (nSPS) is 15.3. The van der Waals surface area contributed by atoms with Gasteiger partial charge in [0.25, 0.3) is 0 Å². The maximum absolute atomic E-state index is 12.9. The quantitative estimate of drug-likeness (QED) is 0.327. The molecule has 35 heavy (non-hydrogen) atoms. The number of fused-ring (bicyclic) bond motifs is 1. The molecule has 3 aromatic carbocycles. The summed E-state index contributed by atoms with van der Waals surface area (Å²) < 4.78 is 28.6. The SMILES string of the molecule is CC1CCN(S(=O)(=O)c2ccc(C(=O)CNc3ccccc3-c3nc4ccccc4s3)cc2)CC1. The second-order valence-corrected chi connectivity index (χ2v) is 11.9. The van der Waals surface area contributed by atoms with Gasteiger partial charge in [0.15, 0.2) is 5.78 Å². The third-order valence-electron chi connectivity index (χ3n) is 6.45. The van der Waals surface area contributed by atoms with Gasteiger partial charge < -0.3 is 5.32 Å². The van der Waals surface area contributed by atoms with Crippen LogP contribution in [0.4, 0.5) is 5.69 Å². The number of piperidine rings is 1. The summed E-state index contributed by atoms with van der Waals surface area (Å²) >= 11 is 1.61. The van der Waals surface area contributed by atoms with Gasteiger partial charge in [0.1, 0.15) is 5.01 Å². The number of hydrogen-bond donors (Lipinski definition) is 1. The van der Waals surface area contributed by atoms with E-state index in [4.69, 9.17) is 4.98 Å². The molecule has 4 aromatic rings. The fourth-order valence-corrected chi connectivity index (χ4v) is 6.75. The molecule has 0 unspecified atom stereocenters. The highest BCUT2D eigenvalue weighted by Gasteiger charge is 2.28. The highest BCUT2D eigenvalue weighted by molar-refractivity contribution is 7.89. The third kappa shape index (κ3) is 5.00. The molecule has 0 radical (unpaired) electrons. The third-order valence-corrected chi connectivity index (χ3v) is 9.43. The molecule has 0 aliphatic carbocycles. The standard InChI is InChI=1S/C27H27N3O3S2/c1-19-14-16-30(17-15-19)35(32,33)21-12-10-20(11-13-21)25(31)18-28-23-7-3-2-6-22(23)27-29-24-8-4-5-9-26(24)34-27/h2-13,19,28H,14-18H2,1H3. The van der Waals surface area contributed by atoms with Gasteiger partial charge in [-0.1, -0.05) is 31.2 Å². The number of anilines is 1. The van der Waals surface area contributed by atoms with Crippen molar-refractivity contribution >= 4 is 43.0 Å². The van der Waals surface area contributed by atoms with E-state index in [-0.39, 0.29) is 17.2 Å². The monoisotopic (exact) mass is 505 g/mol. The number of para-hydroxylation sites is 2. The van der Waals surface area contributed by atoms with Crippen LogP contribution >= 0.6 is 11.3 Å². The van der Waals surface area contributed by atoms with Crippen LogP contribution in [0, 0.1) is 5.92 Å². The number of hydrogen-bond acceptors (Lipinski definition) is 6. The van der Waals surface area contributed by atoms with Gasteiger partial charge in [-0.05, 0) is 67.3 Å². The Morgan fingerprint density at radius 3 is 2.43 bits per heavy atom. The van der Waals surface area contributed by atoms with Gasteiger partial charge in [-0.25, -0.2) is 13.4 Å². The molecular weight excluding hydrogens is 478 g/mol. The largest absolute Gasteiger partial charge is 0.377 e. The summed E-state index contributed by atoms with van der Waals surface area (Å²) in [6, 6.07) is 22.1. The van der Waals surface area contributed by atoms with E-state index in [1.165, 1.54) is 12.1 Å². The Hall–Kier alpha value is -3.07. The number of benzene rings is 3. The minimum atomic E-state index is -3.53. The fraction of sp³-hybridized carbons (Fsp3) is 0.259. The number of rotatable bonds is 7. The summed E-state index contributed by atoms with van der Waals surface area (Å²) in [5.74, 6) is 0.439. The van der Waals surface area contributed by atoms with Crippen molar-refractivity contribution in [1.29, 1.82) is 0 Å². The molecular formula is C27H27N3O3S2. The van der Waals surface area contributed by atoms with Gasteiger partial charge in [-0.2, -0.15) is 4.31 Å². The number of Topliss-reactive ketones (excluding diaryl/α,β-unsaturated/α-hetero) is 1.